The fourth-order valence-corrected chi connectivity index (χ4v) is 1.15. The van der Waals surface area contributed by atoms with Crippen LogP contribution < -0.4 is 5.32 Å². The smallest absolute Gasteiger partial charge is 0.338 e. The summed E-state index contributed by atoms with van der Waals surface area (Å²) in [6.07, 6.45) is 0.0587. The molecule has 0 heterocycles. The quantitative estimate of drug-likeness (QED) is 0.586. The van der Waals surface area contributed by atoms with E-state index in [0.29, 0.717) is 13.2 Å². The molecule has 5 nitrogen and oxygen atoms in total. The number of hydrogen-bond donors (Lipinski definition) is 2. The van der Waals surface area contributed by atoms with Gasteiger partial charge in [-0.05, 0) is 20.8 Å². The number of methoxy groups -OCH3 is 1. The molecular formula is C10H21NO4. The van der Waals surface area contributed by atoms with Gasteiger partial charge in [-0.15, -0.1) is 0 Å². The van der Waals surface area contributed by atoms with Gasteiger partial charge in [0.05, 0.1) is 13.2 Å². The molecule has 0 aliphatic heterocycles. The van der Waals surface area contributed by atoms with E-state index in [9.17, 15) is 9.90 Å². The number of ether oxygens (including phenoxy) is 2. The van der Waals surface area contributed by atoms with Gasteiger partial charge in [-0.1, -0.05) is 0 Å². The summed E-state index contributed by atoms with van der Waals surface area (Å²) >= 11 is 0. The minimum absolute atomic E-state index is 0.0587. The van der Waals surface area contributed by atoms with Crippen molar-refractivity contribution < 1.29 is 19.4 Å². The molecule has 0 fully saturated rings. The van der Waals surface area contributed by atoms with Crippen LogP contribution in [0.4, 0.5) is 0 Å². The minimum Gasteiger partial charge on any atom is -0.467 e. The molecule has 0 aromatic carbocycles. The molecule has 0 bridgehead atoms. The molecule has 0 radical (unpaired) electrons. The van der Waals surface area contributed by atoms with E-state index < -0.39 is 11.6 Å². The number of hydrogen-bond acceptors (Lipinski definition) is 5. The van der Waals surface area contributed by atoms with Gasteiger partial charge in [0, 0.05) is 19.7 Å². The second kappa shape index (κ2) is 6.76. The highest BCUT2D eigenvalue weighted by Crippen LogP contribution is 2.03. The van der Waals surface area contributed by atoms with Gasteiger partial charge in [0.2, 0.25) is 0 Å². The zero-order valence-electron chi connectivity index (χ0n) is 9.87. The molecule has 2 unspecified atom stereocenters. The predicted octanol–water partition coefficient (Wildman–Crippen LogP) is -0.0750. The van der Waals surface area contributed by atoms with E-state index in [-0.39, 0.29) is 12.6 Å². The maximum atomic E-state index is 11.1. The lowest BCUT2D eigenvalue weighted by Gasteiger charge is -2.21. The maximum absolute atomic E-state index is 11.1. The van der Waals surface area contributed by atoms with Crippen LogP contribution in [0.3, 0.4) is 0 Å². The van der Waals surface area contributed by atoms with Crippen molar-refractivity contribution in [3.05, 3.63) is 0 Å². The van der Waals surface area contributed by atoms with Crippen LogP contribution in [-0.2, 0) is 14.3 Å². The summed E-state index contributed by atoms with van der Waals surface area (Å²) in [5.74, 6) is -0.640. The van der Waals surface area contributed by atoms with E-state index in [1.165, 1.54) is 14.0 Å². The lowest BCUT2D eigenvalue weighted by molar-refractivity contribution is -0.160. The van der Waals surface area contributed by atoms with E-state index in [1.54, 1.807) is 0 Å². The monoisotopic (exact) mass is 219 g/mol. The summed E-state index contributed by atoms with van der Waals surface area (Å²) in [4.78, 5) is 11.1. The average Bonchev–Trinajstić information content (AvgIpc) is 2.16. The molecule has 0 amide bonds. The Kier molecular flexibility index (Phi) is 6.47. The molecule has 2 atom stereocenters. The average molecular weight is 219 g/mol. The summed E-state index contributed by atoms with van der Waals surface area (Å²) < 4.78 is 9.74. The second-order valence-electron chi connectivity index (χ2n) is 3.66. The Morgan fingerprint density at radius 3 is 2.67 bits per heavy atom. The highest BCUT2D eigenvalue weighted by molar-refractivity contribution is 5.78. The van der Waals surface area contributed by atoms with Crippen LogP contribution in [0.5, 0.6) is 0 Å². The third kappa shape index (κ3) is 5.71. The molecule has 0 aliphatic rings. The summed E-state index contributed by atoms with van der Waals surface area (Å²) in [6.45, 7) is 6.63. The van der Waals surface area contributed by atoms with Crippen molar-refractivity contribution in [2.75, 3.05) is 26.8 Å². The summed E-state index contributed by atoms with van der Waals surface area (Å²) in [6, 6.07) is 0. The Hall–Kier alpha value is -0.650. The van der Waals surface area contributed by atoms with Crippen molar-refractivity contribution >= 4 is 5.97 Å². The zero-order chi connectivity index (χ0) is 11.9. The topological polar surface area (TPSA) is 67.8 Å². The summed E-state index contributed by atoms with van der Waals surface area (Å²) in [7, 11) is 1.25. The van der Waals surface area contributed by atoms with E-state index in [2.05, 4.69) is 10.1 Å². The maximum Gasteiger partial charge on any atom is 0.338 e. The van der Waals surface area contributed by atoms with Crippen molar-refractivity contribution in [2.24, 2.45) is 0 Å². The van der Waals surface area contributed by atoms with Gasteiger partial charge in [-0.2, -0.15) is 0 Å². The summed E-state index contributed by atoms with van der Waals surface area (Å²) in [5.41, 5.74) is -1.49. The minimum atomic E-state index is -1.49. The number of carbonyl (C=O) groups excluding carboxylic acids is 1. The third-order valence-electron chi connectivity index (χ3n) is 1.98. The molecule has 0 rings (SSSR count). The van der Waals surface area contributed by atoms with Crippen LogP contribution in [-0.4, -0.2) is 49.6 Å². The van der Waals surface area contributed by atoms with Gasteiger partial charge in [-0.3, -0.25) is 0 Å². The Morgan fingerprint density at radius 1 is 1.60 bits per heavy atom. The fourth-order valence-electron chi connectivity index (χ4n) is 1.15. The molecule has 5 heteroatoms. The highest BCUT2D eigenvalue weighted by atomic mass is 16.5. The molecule has 0 aromatic rings. The van der Waals surface area contributed by atoms with E-state index in [1.807, 2.05) is 13.8 Å². The first-order valence-electron chi connectivity index (χ1n) is 5.07. The first-order chi connectivity index (χ1) is 6.94. The van der Waals surface area contributed by atoms with Gasteiger partial charge < -0.3 is 19.9 Å². The second-order valence-corrected chi connectivity index (χ2v) is 3.66. The largest absolute Gasteiger partial charge is 0.467 e. The van der Waals surface area contributed by atoms with Crippen molar-refractivity contribution in [1.29, 1.82) is 0 Å². The normalized spacial score (nSPS) is 16.9. The lowest BCUT2D eigenvalue weighted by atomic mass is 10.1. The molecule has 90 valence electrons. The SMILES string of the molecule is CCOC(C)CNCC(C)(O)C(=O)OC. The first kappa shape index (κ1) is 14.3. The number of rotatable bonds is 7. The fraction of sp³-hybridized carbons (Fsp3) is 0.900. The first-order valence-corrected chi connectivity index (χ1v) is 5.07. The summed E-state index contributed by atoms with van der Waals surface area (Å²) in [5, 5.41) is 12.6. The van der Waals surface area contributed by atoms with Gasteiger partial charge >= 0.3 is 5.97 Å². The molecular weight excluding hydrogens is 198 g/mol. The number of nitrogens with one attached hydrogen (secondary N) is 1. The Bertz CT molecular complexity index is 194. The molecule has 0 spiro atoms. The number of carbonyl (C=O) groups is 1. The lowest BCUT2D eigenvalue weighted by Crippen LogP contribution is -2.47. The molecule has 15 heavy (non-hydrogen) atoms. The van der Waals surface area contributed by atoms with Gasteiger partial charge in [-0.25, -0.2) is 4.79 Å². The number of esters is 1. The predicted molar refractivity (Wildman–Crippen MR) is 56.6 cm³/mol. The van der Waals surface area contributed by atoms with Crippen LogP contribution in [0.2, 0.25) is 0 Å². The van der Waals surface area contributed by atoms with Crippen molar-refractivity contribution in [3.8, 4) is 0 Å². The van der Waals surface area contributed by atoms with Crippen molar-refractivity contribution in [3.63, 3.8) is 0 Å². The molecule has 0 aromatic heterocycles. The molecule has 0 aliphatic carbocycles. The van der Waals surface area contributed by atoms with Crippen LogP contribution in [0.15, 0.2) is 0 Å². The molecule has 0 saturated heterocycles. The Labute approximate surface area is 90.8 Å². The van der Waals surface area contributed by atoms with Crippen LogP contribution >= 0.6 is 0 Å². The van der Waals surface area contributed by atoms with Crippen molar-refractivity contribution in [2.45, 2.75) is 32.5 Å². The molecule has 2 N–H and O–H groups in total. The van der Waals surface area contributed by atoms with E-state index in [4.69, 9.17) is 4.74 Å². The van der Waals surface area contributed by atoms with E-state index in [0.717, 1.165) is 0 Å². The van der Waals surface area contributed by atoms with Crippen LogP contribution in [0.25, 0.3) is 0 Å². The van der Waals surface area contributed by atoms with Gasteiger partial charge in [0.25, 0.3) is 0 Å². The Morgan fingerprint density at radius 2 is 2.20 bits per heavy atom. The van der Waals surface area contributed by atoms with Crippen LogP contribution in [0.1, 0.15) is 20.8 Å². The third-order valence-corrected chi connectivity index (χ3v) is 1.98. The zero-order valence-corrected chi connectivity index (χ0v) is 9.87. The number of aliphatic hydroxyl groups is 1. The standard InChI is InChI=1S/C10H21NO4/c1-5-15-8(2)6-11-7-10(3,13)9(12)14-4/h8,11,13H,5-7H2,1-4H3. The highest BCUT2D eigenvalue weighted by Gasteiger charge is 2.30. The molecule has 0 saturated carbocycles. The van der Waals surface area contributed by atoms with Crippen LogP contribution in [0, 0.1) is 0 Å². The van der Waals surface area contributed by atoms with Gasteiger partial charge in [0.15, 0.2) is 5.60 Å². The van der Waals surface area contributed by atoms with Crippen molar-refractivity contribution in [1.82, 2.24) is 5.32 Å². The van der Waals surface area contributed by atoms with E-state index >= 15 is 0 Å². The van der Waals surface area contributed by atoms with Gasteiger partial charge in [0.1, 0.15) is 0 Å². The Balaban J connectivity index is 3.79.